The van der Waals surface area contributed by atoms with Crippen molar-refractivity contribution in [2.45, 2.75) is 38.6 Å². The Morgan fingerprint density at radius 3 is 2.63 bits per heavy atom. The number of hydrogen-bond donors (Lipinski definition) is 1. The van der Waals surface area contributed by atoms with Gasteiger partial charge in [-0.05, 0) is 91.6 Å². The third-order valence-corrected chi connectivity index (χ3v) is 9.29. The number of pyridine rings is 2. The summed E-state index contributed by atoms with van der Waals surface area (Å²) >= 11 is 0. The molecule has 216 valence electrons. The molecule has 2 unspecified atom stereocenters. The highest BCUT2D eigenvalue weighted by atomic mass is 16.1. The van der Waals surface area contributed by atoms with Crippen LogP contribution in [0.1, 0.15) is 37.7 Å². The largest absolute Gasteiger partial charge is 0.383 e. The number of ketones is 1. The summed E-state index contributed by atoms with van der Waals surface area (Å²) in [6.07, 6.45) is 8.60. The molecule has 1 saturated carbocycles. The molecule has 4 heterocycles. The lowest BCUT2D eigenvalue weighted by atomic mass is 9.84. The molecule has 0 amide bonds. The maximum Gasteiger partial charge on any atom is 0.165 e. The molecule has 2 atom stereocenters. The second-order valence-corrected chi connectivity index (χ2v) is 12.2. The van der Waals surface area contributed by atoms with Crippen LogP contribution in [0.2, 0.25) is 0 Å². The van der Waals surface area contributed by atoms with Crippen molar-refractivity contribution in [3.63, 3.8) is 0 Å². The average molecular weight is 569 g/mol. The van der Waals surface area contributed by atoms with Gasteiger partial charge in [0.15, 0.2) is 17.3 Å². The molecule has 1 spiro atoms. The zero-order valence-corrected chi connectivity index (χ0v) is 24.3. The molecule has 0 radical (unpaired) electrons. The van der Waals surface area contributed by atoms with Crippen LogP contribution in [0.4, 0.5) is 5.82 Å². The van der Waals surface area contributed by atoms with Crippen LogP contribution in [0.5, 0.6) is 0 Å². The van der Waals surface area contributed by atoms with Crippen LogP contribution in [-0.4, -0.2) is 43.3 Å². The minimum absolute atomic E-state index is 0.184. The highest BCUT2D eigenvalue weighted by molar-refractivity contribution is 5.89. The van der Waals surface area contributed by atoms with E-state index in [0.29, 0.717) is 23.6 Å². The molecule has 2 N–H and O–H groups in total. The number of benzene rings is 2. The quantitative estimate of drug-likeness (QED) is 0.206. The maximum atomic E-state index is 11.9. The molecule has 2 aliphatic rings. The molecule has 1 saturated heterocycles. The number of rotatable bonds is 8. The van der Waals surface area contributed by atoms with E-state index in [9.17, 15) is 4.79 Å². The van der Waals surface area contributed by atoms with E-state index in [2.05, 4.69) is 57.4 Å². The monoisotopic (exact) mass is 568 g/mol. The lowest BCUT2D eigenvalue weighted by molar-refractivity contribution is -0.115. The number of imidazole rings is 1. The zero-order valence-electron chi connectivity index (χ0n) is 24.3. The van der Waals surface area contributed by atoms with Gasteiger partial charge < -0.3 is 5.73 Å². The van der Waals surface area contributed by atoms with Crippen molar-refractivity contribution >= 4 is 22.8 Å². The molecule has 1 aliphatic heterocycles. The number of fused-ring (bicyclic) bond motifs is 1. The Bertz CT molecular complexity index is 1790. The van der Waals surface area contributed by atoms with Crippen LogP contribution in [0.25, 0.3) is 39.5 Å². The lowest BCUT2D eigenvalue weighted by Crippen LogP contribution is -2.25. The zero-order chi connectivity index (χ0) is 29.4. The molecule has 2 aromatic carbocycles. The predicted octanol–water partition coefficient (Wildman–Crippen LogP) is 6.87. The molecule has 43 heavy (non-hydrogen) atoms. The Hall–Kier alpha value is -4.62. The minimum Gasteiger partial charge on any atom is -0.383 e. The van der Waals surface area contributed by atoms with Gasteiger partial charge >= 0.3 is 0 Å². The van der Waals surface area contributed by atoms with E-state index < -0.39 is 0 Å². The number of anilines is 1. The summed E-state index contributed by atoms with van der Waals surface area (Å²) in [4.78, 5) is 28.9. The van der Waals surface area contributed by atoms with Gasteiger partial charge in [-0.1, -0.05) is 49.0 Å². The first-order chi connectivity index (χ1) is 21.0. The summed E-state index contributed by atoms with van der Waals surface area (Å²) in [6, 6.07) is 26.8. The summed E-state index contributed by atoms with van der Waals surface area (Å²) in [5, 5.41) is 0. The molecule has 7 rings (SSSR count). The molecule has 1 aliphatic carbocycles. The number of nitrogens with zero attached hydrogens (tertiary/aromatic N) is 5. The van der Waals surface area contributed by atoms with E-state index in [1.54, 1.807) is 6.20 Å². The molecule has 3 aromatic heterocycles. The highest BCUT2D eigenvalue weighted by Crippen LogP contribution is 2.49. The standard InChI is InChI=1S/C36H36N6O/c1-2-29(43)21-26-16-17-36(22-26)18-20-41(24-36)23-25-10-12-28(13-11-25)42-34(30-9-6-19-38-33(30)37)40-32-15-14-31(39-35(32)42)27-7-4-3-5-8-27/h2-15,19,26H,1,16-18,20-24H2,(H2,37,38). The topological polar surface area (TPSA) is 89.9 Å². The van der Waals surface area contributed by atoms with Crippen molar-refractivity contribution in [3.8, 4) is 28.3 Å². The van der Waals surface area contributed by atoms with Gasteiger partial charge in [0.05, 0.1) is 11.3 Å². The Balaban J connectivity index is 1.17. The van der Waals surface area contributed by atoms with Crippen molar-refractivity contribution in [2.75, 3.05) is 18.8 Å². The summed E-state index contributed by atoms with van der Waals surface area (Å²) in [6.45, 7) is 6.78. The number of likely N-dealkylation sites (tertiary alicyclic amines) is 1. The van der Waals surface area contributed by atoms with Crippen LogP contribution >= 0.6 is 0 Å². The van der Waals surface area contributed by atoms with E-state index in [0.717, 1.165) is 72.0 Å². The number of nitrogen functional groups attached to an aromatic ring is 1. The number of nitrogens with two attached hydrogens (primary N) is 1. The van der Waals surface area contributed by atoms with Gasteiger partial charge in [-0.3, -0.25) is 14.3 Å². The van der Waals surface area contributed by atoms with E-state index in [-0.39, 0.29) is 5.78 Å². The van der Waals surface area contributed by atoms with Crippen molar-refractivity contribution in [2.24, 2.45) is 11.3 Å². The summed E-state index contributed by atoms with van der Waals surface area (Å²) in [5.41, 5.74) is 13.3. The summed E-state index contributed by atoms with van der Waals surface area (Å²) in [7, 11) is 0. The fraction of sp³-hybridized carbons (Fsp3) is 0.278. The van der Waals surface area contributed by atoms with Gasteiger partial charge in [-0.2, -0.15) is 0 Å². The third kappa shape index (κ3) is 5.37. The van der Waals surface area contributed by atoms with Gasteiger partial charge in [0, 0.05) is 37.0 Å². The number of aromatic nitrogens is 4. The number of allylic oxidation sites excluding steroid dienone is 1. The minimum atomic E-state index is 0.184. The van der Waals surface area contributed by atoms with Crippen LogP contribution in [0, 0.1) is 11.3 Å². The Morgan fingerprint density at radius 1 is 1.00 bits per heavy atom. The average Bonchev–Trinajstić information content (AvgIpc) is 3.74. The molecule has 7 heteroatoms. The molecule has 2 fully saturated rings. The highest BCUT2D eigenvalue weighted by Gasteiger charge is 2.44. The van der Waals surface area contributed by atoms with Gasteiger partial charge in [0.2, 0.25) is 0 Å². The second-order valence-electron chi connectivity index (χ2n) is 12.2. The van der Waals surface area contributed by atoms with Gasteiger partial charge in [-0.15, -0.1) is 0 Å². The number of carbonyl (C=O) groups is 1. The first kappa shape index (κ1) is 27.2. The van der Waals surface area contributed by atoms with Crippen molar-refractivity contribution in [1.82, 2.24) is 24.4 Å². The SMILES string of the molecule is C=CC(=O)CC1CCC2(CCN(Cc3ccc(-n4c(-c5cccnc5N)nc5ccc(-c6ccccc6)nc54)cc3)C2)C1. The first-order valence-electron chi connectivity index (χ1n) is 15.1. The smallest absolute Gasteiger partial charge is 0.165 e. The van der Waals surface area contributed by atoms with E-state index in [4.69, 9.17) is 15.7 Å². The van der Waals surface area contributed by atoms with Crippen molar-refractivity contribution in [1.29, 1.82) is 0 Å². The summed E-state index contributed by atoms with van der Waals surface area (Å²) < 4.78 is 2.09. The second kappa shape index (κ2) is 11.2. The number of carbonyl (C=O) groups excluding carboxylic acids is 1. The Labute approximate surface area is 252 Å². The molecule has 5 aromatic rings. The first-order valence-corrected chi connectivity index (χ1v) is 15.1. The fourth-order valence-corrected chi connectivity index (χ4v) is 7.17. The number of hydrogen-bond acceptors (Lipinski definition) is 6. The Morgan fingerprint density at radius 2 is 1.84 bits per heavy atom. The van der Waals surface area contributed by atoms with Crippen LogP contribution in [0.15, 0.2) is 97.7 Å². The van der Waals surface area contributed by atoms with Crippen LogP contribution in [0.3, 0.4) is 0 Å². The van der Waals surface area contributed by atoms with Crippen molar-refractivity contribution in [3.05, 3.63) is 103 Å². The molecule has 0 bridgehead atoms. The predicted molar refractivity (Wildman–Crippen MR) is 171 cm³/mol. The van der Waals surface area contributed by atoms with Crippen molar-refractivity contribution < 1.29 is 4.79 Å². The van der Waals surface area contributed by atoms with Crippen LogP contribution in [-0.2, 0) is 11.3 Å². The van der Waals surface area contributed by atoms with E-state index >= 15 is 0 Å². The van der Waals surface area contributed by atoms with E-state index in [1.807, 2.05) is 42.5 Å². The van der Waals surface area contributed by atoms with Crippen LogP contribution < -0.4 is 5.73 Å². The van der Waals surface area contributed by atoms with Gasteiger partial charge in [-0.25, -0.2) is 15.0 Å². The van der Waals surface area contributed by atoms with E-state index in [1.165, 1.54) is 24.5 Å². The van der Waals surface area contributed by atoms with Gasteiger partial charge in [0.25, 0.3) is 0 Å². The molecular formula is C36H36N6O. The normalized spacial score (nSPS) is 20.2. The molecule has 7 nitrogen and oxygen atoms in total. The maximum absolute atomic E-state index is 11.9. The fourth-order valence-electron chi connectivity index (χ4n) is 7.17. The Kier molecular flexibility index (Phi) is 7.11. The molecular weight excluding hydrogens is 532 g/mol. The lowest BCUT2D eigenvalue weighted by Gasteiger charge is -2.24. The van der Waals surface area contributed by atoms with Gasteiger partial charge in [0.1, 0.15) is 11.3 Å². The summed E-state index contributed by atoms with van der Waals surface area (Å²) in [5.74, 6) is 1.85. The third-order valence-electron chi connectivity index (χ3n) is 9.29.